The predicted octanol–water partition coefficient (Wildman–Crippen LogP) is 5.67. The Hall–Kier alpha value is -3.82. The van der Waals surface area contributed by atoms with Gasteiger partial charge in [0.25, 0.3) is 5.91 Å². The fourth-order valence-corrected chi connectivity index (χ4v) is 5.84. The Morgan fingerprint density at radius 2 is 1.62 bits per heavy atom. The zero-order chi connectivity index (χ0) is 29.3. The van der Waals surface area contributed by atoms with E-state index in [9.17, 15) is 18.0 Å². The SMILES string of the molecule is Cc1ccc(CN2CC=C(c3ccc4c(c3)CC(C(=O)N3CCN(Cc5ccc(C(F)(F)F)cc5)CC3)=N4)CC2)cn1. The first-order chi connectivity index (χ1) is 20.2. The van der Waals surface area contributed by atoms with Gasteiger partial charge in [-0.05, 0) is 71.5 Å². The smallest absolute Gasteiger partial charge is 0.335 e. The number of benzene rings is 2. The second kappa shape index (κ2) is 11.8. The van der Waals surface area contributed by atoms with E-state index in [1.54, 1.807) is 0 Å². The molecule has 3 aliphatic heterocycles. The minimum Gasteiger partial charge on any atom is -0.335 e. The van der Waals surface area contributed by atoms with Crippen LogP contribution in [-0.2, 0) is 30.5 Å². The highest BCUT2D eigenvalue weighted by molar-refractivity contribution is 6.40. The van der Waals surface area contributed by atoms with Gasteiger partial charge in [0, 0.05) is 70.7 Å². The molecule has 0 saturated carbocycles. The lowest BCUT2D eigenvalue weighted by molar-refractivity contribution is -0.137. The van der Waals surface area contributed by atoms with Crippen LogP contribution < -0.4 is 0 Å². The number of hydrogen-bond acceptors (Lipinski definition) is 5. The lowest BCUT2D eigenvalue weighted by Gasteiger charge is -2.34. The molecular weight excluding hydrogens is 539 g/mol. The maximum absolute atomic E-state index is 13.3. The van der Waals surface area contributed by atoms with Gasteiger partial charge in [0.2, 0.25) is 0 Å². The van der Waals surface area contributed by atoms with Crippen molar-refractivity contribution in [2.75, 3.05) is 39.3 Å². The highest BCUT2D eigenvalue weighted by Crippen LogP contribution is 2.33. The Morgan fingerprint density at radius 3 is 2.29 bits per heavy atom. The van der Waals surface area contributed by atoms with Crippen LogP contribution in [0.4, 0.5) is 18.9 Å². The first-order valence-electron chi connectivity index (χ1n) is 14.4. The minimum absolute atomic E-state index is 0.0277. The van der Waals surface area contributed by atoms with Crippen LogP contribution in [0.15, 0.2) is 71.9 Å². The van der Waals surface area contributed by atoms with Gasteiger partial charge in [-0.2, -0.15) is 13.2 Å². The van der Waals surface area contributed by atoms with Crippen molar-refractivity contribution in [1.29, 1.82) is 0 Å². The summed E-state index contributed by atoms with van der Waals surface area (Å²) in [6.07, 6.45) is 1.44. The number of piperazine rings is 1. The molecule has 1 amide bonds. The second-order valence-corrected chi connectivity index (χ2v) is 11.4. The molecule has 1 saturated heterocycles. The van der Waals surface area contributed by atoms with E-state index in [0.717, 1.165) is 60.7 Å². The van der Waals surface area contributed by atoms with E-state index in [2.05, 4.69) is 50.1 Å². The van der Waals surface area contributed by atoms with Gasteiger partial charge in [-0.25, -0.2) is 4.99 Å². The molecule has 3 aliphatic rings. The average Bonchev–Trinajstić information content (AvgIpc) is 3.42. The Labute approximate surface area is 244 Å². The zero-order valence-corrected chi connectivity index (χ0v) is 23.7. The molecule has 0 N–H and O–H groups in total. The number of nitrogens with zero attached hydrogens (tertiary/aromatic N) is 5. The molecule has 0 radical (unpaired) electrons. The minimum atomic E-state index is -4.33. The van der Waals surface area contributed by atoms with Gasteiger partial charge in [0.05, 0.1) is 11.3 Å². The third-order valence-electron chi connectivity index (χ3n) is 8.33. The molecule has 0 aliphatic carbocycles. The summed E-state index contributed by atoms with van der Waals surface area (Å²) in [6, 6.07) is 15.8. The summed E-state index contributed by atoms with van der Waals surface area (Å²) in [6.45, 7) is 7.82. The van der Waals surface area contributed by atoms with Crippen LogP contribution >= 0.6 is 0 Å². The van der Waals surface area contributed by atoms with Crippen molar-refractivity contribution in [3.63, 3.8) is 0 Å². The van der Waals surface area contributed by atoms with Gasteiger partial charge < -0.3 is 4.90 Å². The Bertz CT molecular complexity index is 1500. The first kappa shape index (κ1) is 28.3. The average molecular weight is 574 g/mol. The molecule has 6 nitrogen and oxygen atoms in total. The predicted molar refractivity (Wildman–Crippen MR) is 157 cm³/mol. The van der Waals surface area contributed by atoms with Crippen LogP contribution in [0, 0.1) is 6.92 Å². The van der Waals surface area contributed by atoms with Crippen molar-refractivity contribution in [1.82, 2.24) is 19.7 Å². The van der Waals surface area contributed by atoms with E-state index in [-0.39, 0.29) is 5.91 Å². The van der Waals surface area contributed by atoms with E-state index in [4.69, 9.17) is 0 Å². The van der Waals surface area contributed by atoms with Crippen LogP contribution in [0.3, 0.4) is 0 Å². The summed E-state index contributed by atoms with van der Waals surface area (Å²) < 4.78 is 38.5. The number of alkyl halides is 3. The number of aliphatic imine (C=N–C) groups is 1. The van der Waals surface area contributed by atoms with Gasteiger partial charge in [0.15, 0.2) is 0 Å². The standard InChI is InChI=1S/C33H34F3N5O/c1-23-2-3-25(20-37-23)22-39-12-10-26(11-13-39)27-6-9-30-28(18-27)19-31(38-30)32(42)41-16-14-40(15-17-41)21-24-4-7-29(8-5-24)33(34,35)36/h2-10,18,20H,11-17,19,21-22H2,1H3. The van der Waals surface area contributed by atoms with Gasteiger partial charge in [-0.3, -0.25) is 19.6 Å². The zero-order valence-electron chi connectivity index (χ0n) is 23.7. The third kappa shape index (κ3) is 6.47. The number of carbonyl (C=O) groups is 1. The molecule has 2 aromatic carbocycles. The number of aromatic nitrogens is 1. The lowest BCUT2D eigenvalue weighted by atomic mass is 9.96. The number of pyridine rings is 1. The maximum atomic E-state index is 13.3. The van der Waals surface area contributed by atoms with Crippen LogP contribution in [0.1, 0.15) is 39.9 Å². The number of hydrogen-bond donors (Lipinski definition) is 0. The van der Waals surface area contributed by atoms with Gasteiger partial charge >= 0.3 is 6.18 Å². The molecule has 0 unspecified atom stereocenters. The van der Waals surface area contributed by atoms with Crippen LogP contribution in [-0.4, -0.2) is 70.6 Å². The summed E-state index contributed by atoms with van der Waals surface area (Å²) in [7, 11) is 0. The van der Waals surface area contributed by atoms with Crippen LogP contribution in [0.25, 0.3) is 5.57 Å². The Morgan fingerprint density at radius 1 is 0.881 bits per heavy atom. The molecule has 0 spiro atoms. The third-order valence-corrected chi connectivity index (χ3v) is 8.33. The summed E-state index contributed by atoms with van der Waals surface area (Å²) >= 11 is 0. The maximum Gasteiger partial charge on any atom is 0.416 e. The lowest BCUT2D eigenvalue weighted by Crippen LogP contribution is -2.50. The summed E-state index contributed by atoms with van der Waals surface area (Å²) in [5.41, 5.74) is 7.52. The van der Waals surface area contributed by atoms with Crippen molar-refractivity contribution in [3.8, 4) is 0 Å². The molecule has 1 aromatic heterocycles. The van der Waals surface area contributed by atoms with Crippen molar-refractivity contribution < 1.29 is 18.0 Å². The number of rotatable bonds is 6. The number of amides is 1. The molecule has 6 rings (SSSR count). The largest absolute Gasteiger partial charge is 0.416 e. The molecule has 1 fully saturated rings. The number of halogens is 3. The molecular formula is C33H34F3N5O. The Balaban J connectivity index is 1.00. The first-order valence-corrected chi connectivity index (χ1v) is 14.4. The number of fused-ring (bicyclic) bond motifs is 1. The van der Waals surface area contributed by atoms with Crippen molar-refractivity contribution in [2.45, 2.75) is 39.0 Å². The summed E-state index contributed by atoms with van der Waals surface area (Å²) in [5, 5.41) is 0. The van der Waals surface area contributed by atoms with Crippen molar-refractivity contribution in [2.24, 2.45) is 4.99 Å². The fraction of sp³-hybridized carbons (Fsp3) is 0.364. The second-order valence-electron chi connectivity index (χ2n) is 11.4. The monoisotopic (exact) mass is 573 g/mol. The van der Waals surface area contributed by atoms with E-state index < -0.39 is 11.7 Å². The fourth-order valence-electron chi connectivity index (χ4n) is 5.84. The highest BCUT2D eigenvalue weighted by atomic mass is 19.4. The van der Waals surface area contributed by atoms with Crippen molar-refractivity contribution >= 4 is 22.9 Å². The molecule has 42 heavy (non-hydrogen) atoms. The molecule has 4 heterocycles. The van der Waals surface area contributed by atoms with E-state index >= 15 is 0 Å². The number of carbonyl (C=O) groups excluding carboxylic acids is 1. The molecule has 0 bridgehead atoms. The van der Waals surface area contributed by atoms with Crippen molar-refractivity contribution in [3.05, 3.63) is 100 Å². The van der Waals surface area contributed by atoms with Gasteiger partial charge in [-0.1, -0.05) is 30.3 Å². The van der Waals surface area contributed by atoms with Crippen LogP contribution in [0.5, 0.6) is 0 Å². The summed E-state index contributed by atoms with van der Waals surface area (Å²) in [4.78, 5) is 28.8. The Kier molecular flexibility index (Phi) is 7.96. The molecule has 0 atom stereocenters. The van der Waals surface area contributed by atoms with Gasteiger partial charge in [0.1, 0.15) is 5.71 Å². The van der Waals surface area contributed by atoms with E-state index in [1.165, 1.54) is 28.8 Å². The topological polar surface area (TPSA) is 52.0 Å². The van der Waals surface area contributed by atoms with Gasteiger partial charge in [-0.15, -0.1) is 0 Å². The highest BCUT2D eigenvalue weighted by Gasteiger charge is 2.31. The van der Waals surface area contributed by atoms with Crippen LogP contribution in [0.2, 0.25) is 0 Å². The molecule has 218 valence electrons. The number of aryl methyl sites for hydroxylation is 1. The normalized spacial score (nSPS) is 18.0. The quantitative estimate of drug-likeness (QED) is 0.381. The summed E-state index contributed by atoms with van der Waals surface area (Å²) in [5.74, 6) is -0.0277. The molecule has 9 heteroatoms. The molecule has 3 aromatic rings. The van der Waals surface area contributed by atoms with E-state index in [1.807, 2.05) is 24.1 Å². The van der Waals surface area contributed by atoms with E-state index in [0.29, 0.717) is 44.9 Å².